The Hall–Kier alpha value is -1.75. The van der Waals surface area contributed by atoms with Crippen molar-refractivity contribution in [1.82, 2.24) is 0 Å². The van der Waals surface area contributed by atoms with Gasteiger partial charge in [0.2, 0.25) is 10.0 Å². The van der Waals surface area contributed by atoms with Gasteiger partial charge in [0.05, 0.1) is 6.26 Å². The van der Waals surface area contributed by atoms with Crippen LogP contribution in [0.3, 0.4) is 0 Å². The van der Waals surface area contributed by atoms with Crippen molar-refractivity contribution in [3.63, 3.8) is 0 Å². The first-order valence-corrected chi connectivity index (χ1v) is 7.92. The third-order valence-electron chi connectivity index (χ3n) is 2.67. The normalized spacial score (nSPS) is 11.8. The highest BCUT2D eigenvalue weighted by Crippen LogP contribution is 2.27. The quantitative estimate of drug-likeness (QED) is 0.932. The maximum Gasteiger partial charge on any atom is 0.229 e. The molecule has 102 valence electrons. The molecule has 0 aliphatic carbocycles. The Kier molecular flexibility index (Phi) is 3.66. The summed E-state index contributed by atoms with van der Waals surface area (Å²) in [6.07, 6.45) is 1.13. The average molecular weight is 279 g/mol. The molecule has 0 saturated carbocycles. The number of hydrogen-bond acceptors (Lipinski definition) is 3. The van der Waals surface area contributed by atoms with Crippen LogP contribution < -0.4 is 4.72 Å². The van der Waals surface area contributed by atoms with Crippen LogP contribution in [0.2, 0.25) is 0 Å². The fourth-order valence-corrected chi connectivity index (χ4v) is 2.30. The van der Waals surface area contributed by atoms with Crippen molar-refractivity contribution in [3.05, 3.63) is 42.2 Å². The highest BCUT2D eigenvalue weighted by atomic mass is 32.2. The number of anilines is 1. The van der Waals surface area contributed by atoms with Crippen molar-refractivity contribution in [3.8, 4) is 11.3 Å². The highest BCUT2D eigenvalue weighted by molar-refractivity contribution is 7.92. The van der Waals surface area contributed by atoms with Crippen LogP contribution in [0.5, 0.6) is 0 Å². The SMILES string of the molecule is CC(C)c1ccc(-c2ccc(NS(C)(=O)=O)cc2)o1. The molecule has 0 fully saturated rings. The molecular weight excluding hydrogens is 262 g/mol. The van der Waals surface area contributed by atoms with Gasteiger partial charge in [-0.25, -0.2) is 8.42 Å². The van der Waals surface area contributed by atoms with Gasteiger partial charge in [0, 0.05) is 17.2 Å². The van der Waals surface area contributed by atoms with Gasteiger partial charge in [-0.2, -0.15) is 0 Å². The van der Waals surface area contributed by atoms with Crippen LogP contribution in [0.25, 0.3) is 11.3 Å². The maximum atomic E-state index is 11.1. The predicted octanol–water partition coefficient (Wildman–Crippen LogP) is 3.44. The maximum absolute atomic E-state index is 11.1. The van der Waals surface area contributed by atoms with E-state index in [2.05, 4.69) is 18.6 Å². The summed E-state index contributed by atoms with van der Waals surface area (Å²) < 4.78 is 30.4. The number of rotatable bonds is 4. The molecule has 0 aliphatic rings. The number of nitrogens with one attached hydrogen (secondary N) is 1. The monoisotopic (exact) mass is 279 g/mol. The van der Waals surface area contributed by atoms with Gasteiger partial charge in [0.25, 0.3) is 0 Å². The van der Waals surface area contributed by atoms with Crippen molar-refractivity contribution in [2.75, 3.05) is 11.0 Å². The molecular formula is C14H17NO3S. The van der Waals surface area contributed by atoms with E-state index in [4.69, 9.17) is 4.42 Å². The van der Waals surface area contributed by atoms with Crippen molar-refractivity contribution in [1.29, 1.82) is 0 Å². The van der Waals surface area contributed by atoms with Crippen LogP contribution in [0.1, 0.15) is 25.5 Å². The Morgan fingerprint density at radius 3 is 2.16 bits per heavy atom. The fraction of sp³-hybridized carbons (Fsp3) is 0.286. The van der Waals surface area contributed by atoms with Gasteiger partial charge < -0.3 is 4.42 Å². The van der Waals surface area contributed by atoms with Crippen LogP contribution in [-0.2, 0) is 10.0 Å². The zero-order chi connectivity index (χ0) is 14.0. The molecule has 0 aliphatic heterocycles. The summed E-state index contributed by atoms with van der Waals surface area (Å²) in [4.78, 5) is 0. The largest absolute Gasteiger partial charge is 0.461 e. The van der Waals surface area contributed by atoms with E-state index in [9.17, 15) is 8.42 Å². The first-order chi connectivity index (χ1) is 8.85. The molecule has 1 N–H and O–H groups in total. The topological polar surface area (TPSA) is 59.3 Å². The molecule has 0 amide bonds. The van der Waals surface area contributed by atoms with Crippen LogP contribution in [0, 0.1) is 0 Å². The Morgan fingerprint density at radius 1 is 1.05 bits per heavy atom. The minimum atomic E-state index is -3.24. The summed E-state index contributed by atoms with van der Waals surface area (Å²) in [6, 6.07) is 11.0. The molecule has 19 heavy (non-hydrogen) atoms. The molecule has 0 radical (unpaired) electrons. The molecule has 1 aromatic carbocycles. The fourth-order valence-electron chi connectivity index (χ4n) is 1.73. The summed E-state index contributed by atoms with van der Waals surface area (Å²) in [7, 11) is -3.24. The van der Waals surface area contributed by atoms with E-state index in [1.54, 1.807) is 12.1 Å². The van der Waals surface area contributed by atoms with Crippen LogP contribution in [-0.4, -0.2) is 14.7 Å². The number of sulfonamides is 1. The summed E-state index contributed by atoms with van der Waals surface area (Å²) in [6.45, 7) is 4.14. The summed E-state index contributed by atoms with van der Waals surface area (Å²) in [5, 5.41) is 0. The van der Waals surface area contributed by atoms with Gasteiger partial charge in [-0.3, -0.25) is 4.72 Å². The summed E-state index contributed by atoms with van der Waals surface area (Å²) >= 11 is 0. The summed E-state index contributed by atoms with van der Waals surface area (Å²) in [5.41, 5.74) is 1.47. The molecule has 1 aromatic heterocycles. The molecule has 0 unspecified atom stereocenters. The summed E-state index contributed by atoms with van der Waals surface area (Å²) in [5.74, 6) is 2.07. The van der Waals surface area contributed by atoms with E-state index in [1.807, 2.05) is 24.3 Å². The van der Waals surface area contributed by atoms with Gasteiger partial charge >= 0.3 is 0 Å². The first-order valence-electron chi connectivity index (χ1n) is 6.03. The molecule has 4 nitrogen and oxygen atoms in total. The molecule has 5 heteroatoms. The average Bonchev–Trinajstić information content (AvgIpc) is 2.77. The lowest BCUT2D eigenvalue weighted by Gasteiger charge is -2.04. The van der Waals surface area contributed by atoms with Gasteiger partial charge in [-0.15, -0.1) is 0 Å². The second-order valence-electron chi connectivity index (χ2n) is 4.81. The van der Waals surface area contributed by atoms with Crippen molar-refractivity contribution in [2.45, 2.75) is 19.8 Å². The van der Waals surface area contributed by atoms with Gasteiger partial charge in [-0.1, -0.05) is 13.8 Å². The lowest BCUT2D eigenvalue weighted by Crippen LogP contribution is -2.09. The zero-order valence-electron chi connectivity index (χ0n) is 11.2. The van der Waals surface area contributed by atoms with E-state index in [0.717, 1.165) is 23.3 Å². The van der Waals surface area contributed by atoms with E-state index < -0.39 is 10.0 Å². The number of hydrogen-bond donors (Lipinski definition) is 1. The first kappa shape index (κ1) is 13.7. The van der Waals surface area contributed by atoms with E-state index >= 15 is 0 Å². The van der Waals surface area contributed by atoms with Crippen molar-refractivity contribution < 1.29 is 12.8 Å². The van der Waals surface area contributed by atoms with Crippen LogP contribution in [0.15, 0.2) is 40.8 Å². The molecule has 0 saturated heterocycles. The zero-order valence-corrected chi connectivity index (χ0v) is 12.0. The minimum Gasteiger partial charge on any atom is -0.461 e. The van der Waals surface area contributed by atoms with Crippen LogP contribution >= 0.6 is 0 Å². The van der Waals surface area contributed by atoms with E-state index in [-0.39, 0.29) is 0 Å². The predicted molar refractivity (Wildman–Crippen MR) is 76.7 cm³/mol. The molecule has 2 aromatic rings. The molecule has 0 bridgehead atoms. The highest BCUT2D eigenvalue weighted by Gasteiger charge is 2.08. The van der Waals surface area contributed by atoms with Crippen molar-refractivity contribution in [2.24, 2.45) is 0 Å². The molecule has 0 atom stereocenters. The third kappa shape index (κ3) is 3.61. The second kappa shape index (κ2) is 5.09. The van der Waals surface area contributed by atoms with E-state index in [0.29, 0.717) is 11.6 Å². The smallest absolute Gasteiger partial charge is 0.229 e. The van der Waals surface area contributed by atoms with Gasteiger partial charge in [0.15, 0.2) is 0 Å². The lowest BCUT2D eigenvalue weighted by atomic mass is 10.1. The Morgan fingerprint density at radius 2 is 1.68 bits per heavy atom. The third-order valence-corrected chi connectivity index (χ3v) is 3.27. The Labute approximate surface area is 113 Å². The van der Waals surface area contributed by atoms with E-state index in [1.165, 1.54) is 0 Å². The number of furan rings is 1. The van der Waals surface area contributed by atoms with Gasteiger partial charge in [0.1, 0.15) is 11.5 Å². The Bertz CT molecular complexity index is 654. The lowest BCUT2D eigenvalue weighted by molar-refractivity contribution is 0.498. The van der Waals surface area contributed by atoms with Crippen molar-refractivity contribution >= 4 is 15.7 Å². The molecule has 1 heterocycles. The Balaban J connectivity index is 2.22. The molecule has 0 spiro atoms. The van der Waals surface area contributed by atoms with Crippen LogP contribution in [0.4, 0.5) is 5.69 Å². The standard InChI is InChI=1S/C14H17NO3S/c1-10(2)13-8-9-14(18-13)11-4-6-12(7-5-11)15-19(3,16)17/h4-10,15H,1-3H3. The number of benzene rings is 1. The minimum absolute atomic E-state index is 0.347. The van der Waals surface area contributed by atoms with Gasteiger partial charge in [-0.05, 0) is 36.4 Å². The molecule has 2 rings (SSSR count). The second-order valence-corrected chi connectivity index (χ2v) is 6.56.